The van der Waals surface area contributed by atoms with Crippen LogP contribution in [-0.2, 0) is 0 Å². The number of aromatic nitrogens is 1. The molecule has 0 aliphatic carbocycles. The first-order valence-electron chi connectivity index (χ1n) is 8.15. The molecule has 3 N–H and O–H groups in total. The van der Waals surface area contributed by atoms with Gasteiger partial charge in [-0.2, -0.15) is 0 Å². The van der Waals surface area contributed by atoms with Crippen molar-refractivity contribution in [1.29, 1.82) is 0 Å². The molecule has 1 fully saturated rings. The van der Waals surface area contributed by atoms with Crippen LogP contribution in [0, 0.1) is 6.92 Å². The Morgan fingerprint density at radius 2 is 1.96 bits per heavy atom. The first kappa shape index (κ1) is 17.2. The third-order valence-corrected chi connectivity index (χ3v) is 4.80. The summed E-state index contributed by atoms with van der Waals surface area (Å²) in [5.74, 6) is -1.12. The number of carbonyl (C=O) groups excluding carboxylic acids is 1. The monoisotopic (exact) mass is 360 g/mol. The second kappa shape index (κ2) is 7.52. The quantitative estimate of drug-likeness (QED) is 0.771. The molecule has 25 heavy (non-hydrogen) atoms. The van der Waals surface area contributed by atoms with E-state index in [1.807, 2.05) is 19.1 Å². The molecule has 2 heterocycles. The van der Waals surface area contributed by atoms with Crippen molar-refractivity contribution in [1.82, 2.24) is 4.98 Å². The van der Waals surface area contributed by atoms with Gasteiger partial charge in [-0.25, -0.2) is 14.6 Å². The fourth-order valence-corrected chi connectivity index (χ4v) is 3.50. The highest BCUT2D eigenvalue weighted by Gasteiger charge is 2.17. The SMILES string of the molecule is Cc1ccc(NC(=O)Nc2nc(C(=O)O)cs2)c(N2CCCCC2)c1. The minimum absolute atomic E-state index is 0.0790. The van der Waals surface area contributed by atoms with Gasteiger partial charge in [0.2, 0.25) is 0 Å². The number of nitrogens with zero attached hydrogens (tertiary/aromatic N) is 2. The van der Waals surface area contributed by atoms with E-state index < -0.39 is 12.0 Å². The number of aromatic carboxylic acids is 1. The molecule has 0 spiro atoms. The van der Waals surface area contributed by atoms with Gasteiger partial charge in [0.15, 0.2) is 10.8 Å². The van der Waals surface area contributed by atoms with E-state index in [0.29, 0.717) is 0 Å². The molecule has 1 saturated heterocycles. The molecule has 0 saturated carbocycles. The van der Waals surface area contributed by atoms with Crippen LogP contribution >= 0.6 is 11.3 Å². The lowest BCUT2D eigenvalue weighted by atomic mass is 10.1. The van der Waals surface area contributed by atoms with E-state index in [9.17, 15) is 9.59 Å². The zero-order chi connectivity index (χ0) is 17.8. The Bertz CT molecular complexity index is 784. The lowest BCUT2D eigenvalue weighted by Crippen LogP contribution is -2.31. The Kier molecular flexibility index (Phi) is 5.18. The standard InChI is InChI=1S/C17H20N4O3S/c1-11-5-6-12(14(9-11)21-7-3-2-4-8-21)18-16(24)20-17-19-13(10-25-17)15(22)23/h5-6,9-10H,2-4,7-8H2,1H3,(H,22,23)(H2,18,19,20,24). The molecule has 2 amide bonds. The third kappa shape index (κ3) is 4.27. The molecule has 1 aromatic carbocycles. The highest BCUT2D eigenvalue weighted by Crippen LogP contribution is 2.30. The number of hydrogen-bond donors (Lipinski definition) is 3. The molecule has 0 atom stereocenters. The predicted molar refractivity (Wildman–Crippen MR) is 99.0 cm³/mol. The number of carboxylic acids is 1. The van der Waals surface area contributed by atoms with E-state index in [2.05, 4.69) is 26.6 Å². The van der Waals surface area contributed by atoms with Crippen molar-refractivity contribution in [2.24, 2.45) is 0 Å². The van der Waals surface area contributed by atoms with Crippen molar-refractivity contribution in [2.45, 2.75) is 26.2 Å². The van der Waals surface area contributed by atoms with Crippen molar-refractivity contribution in [3.05, 3.63) is 34.8 Å². The number of thiazole rings is 1. The summed E-state index contributed by atoms with van der Waals surface area (Å²) in [6.07, 6.45) is 3.54. The molecule has 0 bridgehead atoms. The second-order valence-corrected chi connectivity index (χ2v) is 6.85. The van der Waals surface area contributed by atoms with Crippen LogP contribution in [0.5, 0.6) is 0 Å². The van der Waals surface area contributed by atoms with Gasteiger partial charge in [-0.15, -0.1) is 11.3 Å². The Morgan fingerprint density at radius 1 is 1.20 bits per heavy atom. The number of nitrogens with one attached hydrogen (secondary N) is 2. The largest absolute Gasteiger partial charge is 0.476 e. The van der Waals surface area contributed by atoms with Gasteiger partial charge in [-0.3, -0.25) is 5.32 Å². The van der Waals surface area contributed by atoms with Gasteiger partial charge in [0.05, 0.1) is 11.4 Å². The number of aryl methyl sites for hydroxylation is 1. The fourth-order valence-electron chi connectivity index (χ4n) is 2.82. The number of carboxylic acid groups (broad SMARTS) is 1. The van der Waals surface area contributed by atoms with Crippen LogP contribution in [0.1, 0.15) is 35.3 Å². The number of rotatable bonds is 4. The minimum Gasteiger partial charge on any atom is -0.476 e. The molecular weight excluding hydrogens is 340 g/mol. The van der Waals surface area contributed by atoms with Crippen LogP contribution in [0.2, 0.25) is 0 Å². The van der Waals surface area contributed by atoms with E-state index in [1.54, 1.807) is 0 Å². The van der Waals surface area contributed by atoms with Crippen LogP contribution in [0.4, 0.5) is 21.3 Å². The molecule has 8 heteroatoms. The van der Waals surface area contributed by atoms with Crippen molar-refractivity contribution < 1.29 is 14.7 Å². The van der Waals surface area contributed by atoms with Crippen LogP contribution < -0.4 is 15.5 Å². The molecular formula is C17H20N4O3S. The fraction of sp³-hybridized carbons (Fsp3) is 0.353. The molecule has 1 aliphatic heterocycles. The molecule has 1 aliphatic rings. The first-order chi connectivity index (χ1) is 12.0. The maximum Gasteiger partial charge on any atom is 0.355 e. The normalized spacial score (nSPS) is 14.2. The number of urea groups is 1. The zero-order valence-electron chi connectivity index (χ0n) is 13.9. The number of anilines is 3. The minimum atomic E-state index is -1.12. The Morgan fingerprint density at radius 3 is 2.64 bits per heavy atom. The van der Waals surface area contributed by atoms with E-state index in [0.717, 1.165) is 54.2 Å². The van der Waals surface area contributed by atoms with Gasteiger partial charge in [0.1, 0.15) is 0 Å². The number of piperidine rings is 1. The second-order valence-electron chi connectivity index (χ2n) is 5.99. The number of carbonyl (C=O) groups is 2. The van der Waals surface area contributed by atoms with Crippen LogP contribution in [-0.4, -0.2) is 35.2 Å². The van der Waals surface area contributed by atoms with Crippen LogP contribution in [0.15, 0.2) is 23.6 Å². The number of hydrogen-bond acceptors (Lipinski definition) is 5. The molecule has 7 nitrogen and oxygen atoms in total. The van der Waals surface area contributed by atoms with E-state index in [4.69, 9.17) is 5.11 Å². The predicted octanol–water partition coefficient (Wildman–Crippen LogP) is 3.78. The van der Waals surface area contributed by atoms with Gasteiger partial charge < -0.3 is 15.3 Å². The van der Waals surface area contributed by atoms with Gasteiger partial charge in [-0.05, 0) is 43.9 Å². The molecule has 2 aromatic rings. The van der Waals surface area contributed by atoms with E-state index >= 15 is 0 Å². The van der Waals surface area contributed by atoms with Gasteiger partial charge in [0.25, 0.3) is 0 Å². The average molecular weight is 360 g/mol. The van der Waals surface area contributed by atoms with Gasteiger partial charge >= 0.3 is 12.0 Å². The van der Waals surface area contributed by atoms with Crippen molar-refractivity contribution in [3.8, 4) is 0 Å². The summed E-state index contributed by atoms with van der Waals surface area (Å²) in [6.45, 7) is 3.99. The number of benzene rings is 1. The van der Waals surface area contributed by atoms with E-state index in [1.165, 1.54) is 11.8 Å². The summed E-state index contributed by atoms with van der Waals surface area (Å²) in [5, 5.41) is 16.0. The summed E-state index contributed by atoms with van der Waals surface area (Å²) in [7, 11) is 0. The number of amides is 2. The Hall–Kier alpha value is -2.61. The van der Waals surface area contributed by atoms with Gasteiger partial charge in [-0.1, -0.05) is 6.07 Å². The Labute approximate surface area is 149 Å². The van der Waals surface area contributed by atoms with Crippen molar-refractivity contribution in [3.63, 3.8) is 0 Å². The Balaban J connectivity index is 1.72. The summed E-state index contributed by atoms with van der Waals surface area (Å²) >= 11 is 1.08. The topological polar surface area (TPSA) is 94.6 Å². The van der Waals surface area contributed by atoms with E-state index in [-0.39, 0.29) is 10.8 Å². The third-order valence-electron chi connectivity index (χ3n) is 4.04. The summed E-state index contributed by atoms with van der Waals surface area (Å²) < 4.78 is 0. The lowest BCUT2D eigenvalue weighted by Gasteiger charge is -2.30. The molecule has 1 aromatic heterocycles. The van der Waals surface area contributed by atoms with Crippen LogP contribution in [0.25, 0.3) is 0 Å². The maximum absolute atomic E-state index is 12.3. The van der Waals surface area contributed by atoms with Gasteiger partial charge in [0, 0.05) is 18.5 Å². The molecule has 0 radical (unpaired) electrons. The molecule has 0 unspecified atom stereocenters. The van der Waals surface area contributed by atoms with Crippen LogP contribution in [0.3, 0.4) is 0 Å². The maximum atomic E-state index is 12.3. The molecule has 3 rings (SSSR count). The van der Waals surface area contributed by atoms with Crippen molar-refractivity contribution in [2.75, 3.05) is 28.6 Å². The average Bonchev–Trinajstić information content (AvgIpc) is 3.06. The smallest absolute Gasteiger partial charge is 0.355 e. The van der Waals surface area contributed by atoms with Crippen molar-refractivity contribution >= 4 is 39.8 Å². The lowest BCUT2D eigenvalue weighted by molar-refractivity contribution is 0.0691. The first-order valence-corrected chi connectivity index (χ1v) is 9.03. The zero-order valence-corrected chi connectivity index (χ0v) is 14.7. The molecule has 132 valence electrons. The summed E-state index contributed by atoms with van der Waals surface area (Å²) in [4.78, 5) is 29.3. The summed E-state index contributed by atoms with van der Waals surface area (Å²) in [5.41, 5.74) is 2.81. The summed E-state index contributed by atoms with van der Waals surface area (Å²) in [6, 6.07) is 5.49. The highest BCUT2D eigenvalue weighted by molar-refractivity contribution is 7.14. The highest BCUT2D eigenvalue weighted by atomic mass is 32.1.